The van der Waals surface area contributed by atoms with Gasteiger partial charge in [-0.15, -0.1) is 13.2 Å². The second kappa shape index (κ2) is 14.9. The van der Waals surface area contributed by atoms with Crippen LogP contribution in [0.3, 0.4) is 0 Å². The lowest BCUT2D eigenvalue weighted by Crippen LogP contribution is -2.59. The molecule has 2 atom stereocenters. The van der Waals surface area contributed by atoms with Crippen molar-refractivity contribution in [3.8, 4) is 0 Å². The lowest BCUT2D eigenvalue weighted by molar-refractivity contribution is -0.927. The van der Waals surface area contributed by atoms with Gasteiger partial charge in [0.2, 0.25) is 0 Å². The number of unbranched alkanes of at least 4 members (excludes halogenated alkanes) is 4. The first-order chi connectivity index (χ1) is 12.4. The highest BCUT2D eigenvalue weighted by Gasteiger charge is 2.34. The van der Waals surface area contributed by atoms with Crippen LogP contribution in [0.2, 0.25) is 0 Å². The number of nitrogens with zero attached hydrogens (tertiary/aromatic N) is 1. The van der Waals surface area contributed by atoms with Crippen molar-refractivity contribution in [2.75, 3.05) is 32.8 Å². The van der Waals surface area contributed by atoms with Gasteiger partial charge in [0.15, 0.2) is 6.54 Å². The smallest absolute Gasteiger partial charge is 0.359 e. The van der Waals surface area contributed by atoms with E-state index in [9.17, 15) is 25.2 Å². The molecular formula is C20H38NO5+. The van der Waals surface area contributed by atoms with Crippen LogP contribution < -0.4 is 0 Å². The van der Waals surface area contributed by atoms with Gasteiger partial charge in [-0.2, -0.15) is 0 Å². The summed E-state index contributed by atoms with van der Waals surface area (Å²) in [6.07, 6.45) is 8.85. The molecule has 0 saturated heterocycles. The summed E-state index contributed by atoms with van der Waals surface area (Å²) < 4.78 is -0.00289. The second-order valence-electron chi connectivity index (χ2n) is 7.16. The monoisotopic (exact) mass is 372 g/mol. The van der Waals surface area contributed by atoms with Crippen LogP contribution >= 0.6 is 0 Å². The van der Waals surface area contributed by atoms with E-state index in [4.69, 9.17) is 0 Å². The van der Waals surface area contributed by atoms with E-state index in [0.29, 0.717) is 12.8 Å². The van der Waals surface area contributed by atoms with Gasteiger partial charge in [0.25, 0.3) is 0 Å². The SMILES string of the molecule is C=CCCCCC(O)C[N+](CCO)(CC(=O)O)CC(O)CCCCC=C. The normalized spacial score (nSPS) is 15.8. The van der Waals surface area contributed by atoms with Crippen molar-refractivity contribution in [2.24, 2.45) is 0 Å². The van der Waals surface area contributed by atoms with Crippen LogP contribution in [-0.4, -0.2) is 75.9 Å². The Balaban J connectivity index is 4.82. The number of quaternary nitrogens is 1. The third-order valence-corrected chi connectivity index (χ3v) is 4.63. The molecule has 2 unspecified atom stereocenters. The van der Waals surface area contributed by atoms with Gasteiger partial charge in [0.1, 0.15) is 31.8 Å². The molecule has 0 aromatic rings. The van der Waals surface area contributed by atoms with Crippen molar-refractivity contribution >= 4 is 5.97 Å². The van der Waals surface area contributed by atoms with Gasteiger partial charge in [-0.1, -0.05) is 25.0 Å². The van der Waals surface area contributed by atoms with E-state index in [-0.39, 0.29) is 37.3 Å². The standard InChI is InChI=1S/C20H37NO5/c1-3-5-7-9-11-18(23)15-21(13-14-22,17-20(25)26)16-19(24)12-10-8-6-4-2/h3-4,18-19,22-24H,1-2,5-17H2/p+1. The van der Waals surface area contributed by atoms with E-state index in [1.54, 1.807) is 0 Å². The molecule has 26 heavy (non-hydrogen) atoms. The Labute approximate surface area is 158 Å². The number of aliphatic hydroxyl groups excluding tert-OH is 3. The van der Waals surface area contributed by atoms with Crippen LogP contribution in [0.15, 0.2) is 25.3 Å². The summed E-state index contributed by atoms with van der Waals surface area (Å²) in [6, 6.07) is 0. The van der Waals surface area contributed by atoms with E-state index < -0.39 is 18.2 Å². The minimum Gasteiger partial charge on any atom is -0.477 e. The molecule has 0 bridgehead atoms. The maximum atomic E-state index is 11.4. The predicted octanol–water partition coefficient (Wildman–Crippen LogP) is 2.09. The first kappa shape index (κ1) is 24.8. The molecule has 0 amide bonds. The zero-order valence-electron chi connectivity index (χ0n) is 16.1. The number of aliphatic carboxylic acids is 1. The van der Waals surface area contributed by atoms with Crippen LogP contribution in [0.4, 0.5) is 0 Å². The Bertz CT molecular complexity index is 376. The molecule has 0 aliphatic heterocycles. The van der Waals surface area contributed by atoms with Crippen LogP contribution in [0.1, 0.15) is 51.4 Å². The second-order valence-corrected chi connectivity index (χ2v) is 7.16. The van der Waals surface area contributed by atoms with Gasteiger partial charge in [0, 0.05) is 0 Å². The lowest BCUT2D eigenvalue weighted by atomic mass is 10.1. The zero-order chi connectivity index (χ0) is 19.8. The highest BCUT2D eigenvalue weighted by atomic mass is 16.4. The van der Waals surface area contributed by atoms with Gasteiger partial charge in [-0.3, -0.25) is 0 Å². The summed E-state index contributed by atoms with van der Waals surface area (Å²) >= 11 is 0. The molecule has 0 heterocycles. The molecule has 0 fully saturated rings. The fourth-order valence-electron chi connectivity index (χ4n) is 3.38. The van der Waals surface area contributed by atoms with Gasteiger partial charge in [-0.05, 0) is 38.5 Å². The van der Waals surface area contributed by atoms with Crippen LogP contribution in [0.25, 0.3) is 0 Å². The maximum Gasteiger partial charge on any atom is 0.359 e. The number of carboxylic acid groups (broad SMARTS) is 1. The number of rotatable bonds is 18. The molecule has 4 N–H and O–H groups in total. The fraction of sp³-hybridized carbons (Fsp3) is 0.750. The van der Waals surface area contributed by atoms with Gasteiger partial charge in [-0.25, -0.2) is 4.79 Å². The van der Waals surface area contributed by atoms with Gasteiger partial charge >= 0.3 is 5.97 Å². The van der Waals surface area contributed by atoms with Crippen LogP contribution in [0.5, 0.6) is 0 Å². The third kappa shape index (κ3) is 12.2. The quantitative estimate of drug-likeness (QED) is 0.168. The topological polar surface area (TPSA) is 98.0 Å². The Kier molecular flexibility index (Phi) is 14.2. The summed E-state index contributed by atoms with van der Waals surface area (Å²) in [4.78, 5) is 11.4. The molecular weight excluding hydrogens is 334 g/mol. The summed E-state index contributed by atoms with van der Waals surface area (Å²) in [6.45, 7) is 7.61. The minimum atomic E-state index is -0.990. The van der Waals surface area contributed by atoms with Gasteiger partial charge < -0.3 is 24.9 Å². The summed E-state index contributed by atoms with van der Waals surface area (Å²) in [5.41, 5.74) is 0. The predicted molar refractivity (Wildman–Crippen MR) is 104 cm³/mol. The van der Waals surface area contributed by atoms with Crippen molar-refractivity contribution in [1.29, 1.82) is 0 Å². The largest absolute Gasteiger partial charge is 0.477 e. The first-order valence-corrected chi connectivity index (χ1v) is 9.64. The Morgan fingerprint density at radius 3 is 1.73 bits per heavy atom. The van der Waals surface area contributed by atoms with Crippen molar-refractivity contribution in [3.63, 3.8) is 0 Å². The summed E-state index contributed by atoms with van der Waals surface area (Å²) in [5, 5.41) is 39.5. The number of carboxylic acids is 1. The van der Waals surface area contributed by atoms with E-state index in [1.165, 1.54) is 0 Å². The fourth-order valence-corrected chi connectivity index (χ4v) is 3.38. The molecule has 0 aromatic carbocycles. The molecule has 0 aliphatic rings. The third-order valence-electron chi connectivity index (χ3n) is 4.63. The number of hydrogen-bond acceptors (Lipinski definition) is 4. The number of aliphatic hydroxyl groups is 3. The van der Waals surface area contributed by atoms with Crippen LogP contribution in [0, 0.1) is 0 Å². The van der Waals surface area contributed by atoms with E-state index in [2.05, 4.69) is 13.2 Å². The average molecular weight is 373 g/mol. The zero-order valence-corrected chi connectivity index (χ0v) is 16.1. The van der Waals surface area contributed by atoms with E-state index >= 15 is 0 Å². The number of hydrogen-bond donors (Lipinski definition) is 4. The molecule has 0 saturated carbocycles. The first-order valence-electron chi connectivity index (χ1n) is 9.64. The average Bonchev–Trinajstić information content (AvgIpc) is 2.55. The molecule has 6 heteroatoms. The molecule has 0 aliphatic carbocycles. The summed E-state index contributed by atoms with van der Waals surface area (Å²) in [5.74, 6) is -0.990. The summed E-state index contributed by atoms with van der Waals surface area (Å²) in [7, 11) is 0. The number of allylic oxidation sites excluding steroid dienone is 2. The Hall–Kier alpha value is -1.21. The Morgan fingerprint density at radius 2 is 1.38 bits per heavy atom. The van der Waals surface area contributed by atoms with Gasteiger partial charge in [0.05, 0.1) is 6.61 Å². The molecule has 0 rings (SSSR count). The van der Waals surface area contributed by atoms with Crippen molar-refractivity contribution in [3.05, 3.63) is 25.3 Å². The maximum absolute atomic E-state index is 11.4. The van der Waals surface area contributed by atoms with Crippen LogP contribution in [-0.2, 0) is 4.79 Å². The van der Waals surface area contributed by atoms with Crippen molar-refractivity contribution in [2.45, 2.75) is 63.6 Å². The van der Waals surface area contributed by atoms with E-state index in [1.807, 2.05) is 12.2 Å². The van der Waals surface area contributed by atoms with Crippen molar-refractivity contribution < 1.29 is 29.7 Å². The molecule has 6 nitrogen and oxygen atoms in total. The Morgan fingerprint density at radius 1 is 0.923 bits per heavy atom. The van der Waals surface area contributed by atoms with E-state index in [0.717, 1.165) is 38.5 Å². The highest BCUT2D eigenvalue weighted by molar-refractivity contribution is 5.67. The molecule has 0 radical (unpaired) electrons. The number of carbonyl (C=O) groups is 1. The molecule has 0 spiro atoms. The van der Waals surface area contributed by atoms with Crippen molar-refractivity contribution in [1.82, 2.24) is 0 Å². The molecule has 152 valence electrons. The minimum absolute atomic E-state index is 0.00289. The molecule has 0 aromatic heterocycles. The lowest BCUT2D eigenvalue weighted by Gasteiger charge is -2.39. The highest BCUT2D eigenvalue weighted by Crippen LogP contribution is 2.16.